The molecule has 21 heavy (non-hydrogen) atoms. The quantitative estimate of drug-likeness (QED) is 0.554. The smallest absolute Gasteiger partial charge is 0.251 e. The zero-order chi connectivity index (χ0) is 15.7. The lowest BCUT2D eigenvalue weighted by Gasteiger charge is -2.14. The standard InChI is InChI=1S/C14H20ClNO5/c1-18-11-8-10(9-12(19-2)13(11)20-3)14(17)16-5-7-21-6-4-15/h8-9H,4-7H2,1-3H3,(H,16,17). The van der Waals surface area contributed by atoms with Crippen LogP contribution >= 0.6 is 11.6 Å². The highest BCUT2D eigenvalue weighted by Crippen LogP contribution is 2.38. The van der Waals surface area contributed by atoms with Crippen LogP contribution in [0.2, 0.25) is 0 Å². The van der Waals surface area contributed by atoms with E-state index in [1.54, 1.807) is 12.1 Å². The number of rotatable bonds is 9. The van der Waals surface area contributed by atoms with Crippen LogP contribution in [0.5, 0.6) is 17.2 Å². The van der Waals surface area contributed by atoms with Gasteiger partial charge in [-0.3, -0.25) is 4.79 Å². The molecule has 0 aliphatic rings. The van der Waals surface area contributed by atoms with E-state index in [1.165, 1.54) is 21.3 Å². The first-order chi connectivity index (χ1) is 10.2. The Kier molecular flexibility index (Phi) is 7.71. The molecule has 1 rings (SSSR count). The van der Waals surface area contributed by atoms with Crippen LogP contribution in [0.15, 0.2) is 12.1 Å². The SMILES string of the molecule is COc1cc(C(=O)NCCOCCCl)cc(OC)c1OC. The maximum Gasteiger partial charge on any atom is 0.251 e. The van der Waals surface area contributed by atoms with Gasteiger partial charge < -0.3 is 24.3 Å². The number of benzene rings is 1. The van der Waals surface area contributed by atoms with Crippen molar-refractivity contribution in [2.45, 2.75) is 0 Å². The predicted molar refractivity (Wildman–Crippen MR) is 80.0 cm³/mol. The van der Waals surface area contributed by atoms with Gasteiger partial charge in [-0.1, -0.05) is 0 Å². The molecule has 0 saturated carbocycles. The summed E-state index contributed by atoms with van der Waals surface area (Å²) in [5.74, 6) is 1.49. The van der Waals surface area contributed by atoms with E-state index in [-0.39, 0.29) is 5.91 Å². The van der Waals surface area contributed by atoms with E-state index < -0.39 is 0 Å². The third-order valence-electron chi connectivity index (χ3n) is 2.68. The van der Waals surface area contributed by atoms with Crippen LogP contribution in [0.4, 0.5) is 0 Å². The lowest BCUT2D eigenvalue weighted by atomic mass is 10.1. The monoisotopic (exact) mass is 317 g/mol. The maximum atomic E-state index is 12.1. The molecule has 0 heterocycles. The van der Waals surface area contributed by atoms with E-state index in [1.807, 2.05) is 0 Å². The first kappa shape index (κ1) is 17.4. The molecule has 1 N–H and O–H groups in total. The summed E-state index contributed by atoms with van der Waals surface area (Å²) in [6, 6.07) is 3.19. The van der Waals surface area contributed by atoms with Crippen molar-refractivity contribution in [3.05, 3.63) is 17.7 Å². The van der Waals surface area contributed by atoms with Crippen molar-refractivity contribution in [2.24, 2.45) is 0 Å². The van der Waals surface area contributed by atoms with Crippen molar-refractivity contribution in [3.63, 3.8) is 0 Å². The van der Waals surface area contributed by atoms with Gasteiger partial charge in [0, 0.05) is 18.0 Å². The normalized spacial score (nSPS) is 10.1. The molecule has 0 spiro atoms. The fourth-order valence-corrected chi connectivity index (χ4v) is 1.82. The van der Waals surface area contributed by atoms with Gasteiger partial charge in [0.05, 0.1) is 34.5 Å². The predicted octanol–water partition coefficient (Wildman–Crippen LogP) is 1.70. The van der Waals surface area contributed by atoms with E-state index in [4.69, 9.17) is 30.5 Å². The topological polar surface area (TPSA) is 66.0 Å². The van der Waals surface area contributed by atoms with Crippen molar-refractivity contribution in [1.82, 2.24) is 5.32 Å². The second-order valence-corrected chi connectivity index (χ2v) is 4.35. The van der Waals surface area contributed by atoms with Gasteiger partial charge in [-0.2, -0.15) is 0 Å². The van der Waals surface area contributed by atoms with Gasteiger partial charge in [0.2, 0.25) is 5.75 Å². The Morgan fingerprint density at radius 1 is 1.10 bits per heavy atom. The van der Waals surface area contributed by atoms with Crippen molar-refractivity contribution in [3.8, 4) is 17.2 Å². The van der Waals surface area contributed by atoms with E-state index >= 15 is 0 Å². The zero-order valence-electron chi connectivity index (χ0n) is 12.4. The molecular weight excluding hydrogens is 298 g/mol. The molecular formula is C14H20ClNO5. The largest absolute Gasteiger partial charge is 0.493 e. The second-order valence-electron chi connectivity index (χ2n) is 3.97. The molecule has 0 unspecified atom stereocenters. The molecule has 118 valence electrons. The average Bonchev–Trinajstić information content (AvgIpc) is 2.52. The summed E-state index contributed by atoms with van der Waals surface area (Å²) in [5.41, 5.74) is 0.418. The van der Waals surface area contributed by atoms with Crippen LogP contribution in [0.1, 0.15) is 10.4 Å². The summed E-state index contributed by atoms with van der Waals surface area (Å²) in [6.45, 7) is 1.26. The summed E-state index contributed by atoms with van der Waals surface area (Å²) >= 11 is 5.48. The Morgan fingerprint density at radius 3 is 2.19 bits per heavy atom. The highest BCUT2D eigenvalue weighted by Gasteiger charge is 2.16. The first-order valence-electron chi connectivity index (χ1n) is 6.39. The molecule has 0 bridgehead atoms. The van der Waals surface area contributed by atoms with E-state index in [0.717, 1.165) is 0 Å². The molecule has 1 amide bonds. The third-order valence-corrected chi connectivity index (χ3v) is 2.83. The summed E-state index contributed by atoms with van der Waals surface area (Å²) < 4.78 is 20.8. The average molecular weight is 318 g/mol. The van der Waals surface area contributed by atoms with Crippen LogP contribution < -0.4 is 19.5 Å². The second kappa shape index (κ2) is 9.31. The molecule has 1 aromatic carbocycles. The molecule has 0 radical (unpaired) electrons. The number of amides is 1. The van der Waals surface area contributed by atoms with Gasteiger partial charge in [0.15, 0.2) is 11.5 Å². The molecule has 0 aromatic heterocycles. The fourth-order valence-electron chi connectivity index (χ4n) is 1.71. The number of alkyl halides is 1. The van der Waals surface area contributed by atoms with Gasteiger partial charge in [-0.05, 0) is 12.1 Å². The minimum Gasteiger partial charge on any atom is -0.493 e. The number of methoxy groups -OCH3 is 3. The van der Waals surface area contributed by atoms with Gasteiger partial charge >= 0.3 is 0 Å². The van der Waals surface area contributed by atoms with Gasteiger partial charge in [0.1, 0.15) is 0 Å². The molecule has 1 aromatic rings. The number of hydrogen-bond acceptors (Lipinski definition) is 5. The van der Waals surface area contributed by atoms with Crippen molar-refractivity contribution in [1.29, 1.82) is 0 Å². The highest BCUT2D eigenvalue weighted by molar-refractivity contribution is 6.17. The van der Waals surface area contributed by atoms with Crippen molar-refractivity contribution in [2.75, 3.05) is 47.0 Å². The minimum absolute atomic E-state index is 0.247. The Balaban J connectivity index is 2.75. The van der Waals surface area contributed by atoms with E-state index in [0.29, 0.717) is 48.5 Å². The number of nitrogens with one attached hydrogen (secondary N) is 1. The van der Waals surface area contributed by atoms with Gasteiger partial charge in [0.25, 0.3) is 5.91 Å². The van der Waals surface area contributed by atoms with Gasteiger partial charge in [-0.25, -0.2) is 0 Å². The fraction of sp³-hybridized carbons (Fsp3) is 0.500. The Bertz CT molecular complexity index is 442. The van der Waals surface area contributed by atoms with Crippen LogP contribution in [-0.2, 0) is 4.74 Å². The van der Waals surface area contributed by atoms with Crippen molar-refractivity contribution < 1.29 is 23.7 Å². The number of carbonyl (C=O) groups excluding carboxylic acids is 1. The number of ether oxygens (including phenoxy) is 4. The minimum atomic E-state index is -0.247. The van der Waals surface area contributed by atoms with E-state index in [2.05, 4.69) is 5.32 Å². The summed E-state index contributed by atoms with van der Waals surface area (Å²) in [5, 5.41) is 2.74. The summed E-state index contributed by atoms with van der Waals surface area (Å²) in [6.07, 6.45) is 0. The number of halogens is 1. The molecule has 7 heteroatoms. The maximum absolute atomic E-state index is 12.1. The first-order valence-corrected chi connectivity index (χ1v) is 6.93. The Morgan fingerprint density at radius 2 is 1.71 bits per heavy atom. The Hall–Kier alpha value is -1.66. The van der Waals surface area contributed by atoms with Crippen molar-refractivity contribution >= 4 is 17.5 Å². The van der Waals surface area contributed by atoms with Gasteiger partial charge in [-0.15, -0.1) is 11.6 Å². The molecule has 0 aliphatic heterocycles. The molecule has 0 aliphatic carbocycles. The van der Waals surface area contributed by atoms with Crippen LogP contribution in [-0.4, -0.2) is 52.9 Å². The molecule has 0 atom stereocenters. The van der Waals surface area contributed by atoms with Crippen LogP contribution in [0, 0.1) is 0 Å². The molecule has 6 nitrogen and oxygen atoms in total. The molecule has 0 fully saturated rings. The number of hydrogen-bond donors (Lipinski definition) is 1. The zero-order valence-corrected chi connectivity index (χ0v) is 13.2. The number of carbonyl (C=O) groups is 1. The van der Waals surface area contributed by atoms with E-state index in [9.17, 15) is 4.79 Å². The highest BCUT2D eigenvalue weighted by atomic mass is 35.5. The van der Waals surface area contributed by atoms with Crippen LogP contribution in [0.3, 0.4) is 0 Å². The third kappa shape index (κ3) is 4.99. The lowest BCUT2D eigenvalue weighted by Crippen LogP contribution is -2.27. The lowest BCUT2D eigenvalue weighted by molar-refractivity contribution is 0.0922. The Labute approximate surface area is 129 Å². The molecule has 0 saturated heterocycles. The summed E-state index contributed by atoms with van der Waals surface area (Å²) in [7, 11) is 4.51. The van der Waals surface area contributed by atoms with Crippen LogP contribution in [0.25, 0.3) is 0 Å². The summed E-state index contributed by atoms with van der Waals surface area (Å²) in [4.78, 5) is 12.1.